The van der Waals surface area contributed by atoms with Gasteiger partial charge in [0.25, 0.3) is 0 Å². The third-order valence-electron chi connectivity index (χ3n) is 2.48. The first-order chi connectivity index (χ1) is 9.40. The highest BCUT2D eigenvalue weighted by Crippen LogP contribution is 2.34. The number of hydrogen-bond donors (Lipinski definition) is 1. The lowest BCUT2D eigenvalue weighted by atomic mass is 10.2. The first-order valence-electron chi connectivity index (χ1n) is 5.61. The lowest BCUT2D eigenvalue weighted by Crippen LogP contribution is -2.10. The average Bonchev–Trinajstić information content (AvgIpc) is 2.40. The minimum Gasteiger partial charge on any atom is -0.326 e. The molecule has 2 nitrogen and oxygen atoms in total. The van der Waals surface area contributed by atoms with E-state index >= 15 is 0 Å². The molecule has 2 aromatic rings. The maximum atomic E-state index is 12.7. The Balaban J connectivity index is 2.35. The Morgan fingerprint density at radius 3 is 2.30 bits per heavy atom. The Kier molecular flexibility index (Phi) is 4.57. The molecule has 1 heterocycles. The summed E-state index contributed by atoms with van der Waals surface area (Å²) in [6, 6.07) is 9.06. The molecule has 0 spiro atoms. The number of aromatic nitrogens is 1. The van der Waals surface area contributed by atoms with E-state index in [4.69, 9.17) is 17.3 Å². The number of halogens is 4. The number of alkyl halides is 3. The van der Waals surface area contributed by atoms with Gasteiger partial charge in [0, 0.05) is 16.5 Å². The van der Waals surface area contributed by atoms with Gasteiger partial charge in [0.05, 0.1) is 0 Å². The highest BCUT2D eigenvalue weighted by atomic mass is 35.5. The minimum absolute atomic E-state index is 0.126. The predicted octanol–water partition coefficient (Wildman–Crippen LogP) is 4.36. The SMILES string of the molecule is NCc1ccc(C(F)(F)F)nc1Sc1ccc(Cl)cc1. The van der Waals surface area contributed by atoms with Crippen molar-refractivity contribution in [2.75, 3.05) is 0 Å². The van der Waals surface area contributed by atoms with Crippen LogP contribution in [0.1, 0.15) is 11.3 Å². The maximum absolute atomic E-state index is 12.7. The summed E-state index contributed by atoms with van der Waals surface area (Å²) in [5.74, 6) is 0. The summed E-state index contributed by atoms with van der Waals surface area (Å²) in [7, 11) is 0. The van der Waals surface area contributed by atoms with E-state index in [9.17, 15) is 13.2 Å². The number of nitrogens with zero attached hydrogens (tertiary/aromatic N) is 1. The number of rotatable bonds is 3. The van der Waals surface area contributed by atoms with Crippen LogP contribution in [0.15, 0.2) is 46.3 Å². The number of nitrogens with two attached hydrogens (primary N) is 1. The smallest absolute Gasteiger partial charge is 0.326 e. The van der Waals surface area contributed by atoms with Crippen LogP contribution in [0, 0.1) is 0 Å². The lowest BCUT2D eigenvalue weighted by Gasteiger charge is -2.11. The molecule has 0 aliphatic heterocycles. The molecule has 2 rings (SSSR count). The van der Waals surface area contributed by atoms with Crippen molar-refractivity contribution in [1.29, 1.82) is 0 Å². The van der Waals surface area contributed by atoms with Crippen LogP contribution in [-0.4, -0.2) is 4.98 Å². The number of pyridine rings is 1. The quantitative estimate of drug-likeness (QED) is 0.913. The summed E-state index contributed by atoms with van der Waals surface area (Å²) in [6.45, 7) is 0.126. The van der Waals surface area contributed by atoms with Crippen LogP contribution in [0.25, 0.3) is 0 Å². The van der Waals surface area contributed by atoms with Crippen molar-refractivity contribution in [3.8, 4) is 0 Å². The van der Waals surface area contributed by atoms with Crippen molar-refractivity contribution in [3.63, 3.8) is 0 Å². The molecule has 0 radical (unpaired) electrons. The highest BCUT2D eigenvalue weighted by Gasteiger charge is 2.33. The van der Waals surface area contributed by atoms with Gasteiger partial charge >= 0.3 is 6.18 Å². The standard InChI is InChI=1S/C13H10ClF3N2S/c14-9-2-4-10(5-3-9)20-12-8(7-18)1-6-11(19-12)13(15,16)17/h1-6H,7,18H2. The highest BCUT2D eigenvalue weighted by molar-refractivity contribution is 7.99. The second kappa shape index (κ2) is 6.03. The molecule has 1 aromatic carbocycles. The minimum atomic E-state index is -4.47. The van der Waals surface area contributed by atoms with E-state index in [1.54, 1.807) is 24.3 Å². The van der Waals surface area contributed by atoms with Crippen LogP contribution < -0.4 is 5.73 Å². The molecule has 106 valence electrons. The monoisotopic (exact) mass is 318 g/mol. The number of benzene rings is 1. The molecule has 0 saturated carbocycles. The van der Waals surface area contributed by atoms with E-state index in [0.29, 0.717) is 10.6 Å². The van der Waals surface area contributed by atoms with Crippen molar-refractivity contribution in [2.24, 2.45) is 5.73 Å². The fraction of sp³-hybridized carbons (Fsp3) is 0.154. The second-order valence-corrected chi connectivity index (χ2v) is 5.42. The van der Waals surface area contributed by atoms with E-state index in [1.807, 2.05) is 0 Å². The van der Waals surface area contributed by atoms with Gasteiger partial charge in [-0.25, -0.2) is 4.98 Å². The summed E-state index contributed by atoms with van der Waals surface area (Å²) in [4.78, 5) is 4.40. The van der Waals surface area contributed by atoms with Gasteiger partial charge in [-0.05, 0) is 35.9 Å². The Morgan fingerprint density at radius 1 is 1.10 bits per heavy atom. The van der Waals surface area contributed by atoms with Crippen molar-refractivity contribution < 1.29 is 13.2 Å². The molecule has 0 fully saturated rings. The van der Waals surface area contributed by atoms with Crippen LogP contribution in [0.4, 0.5) is 13.2 Å². The van der Waals surface area contributed by atoms with Gasteiger partial charge in [-0.1, -0.05) is 29.4 Å². The van der Waals surface area contributed by atoms with E-state index in [0.717, 1.165) is 22.7 Å². The van der Waals surface area contributed by atoms with Crippen LogP contribution >= 0.6 is 23.4 Å². The Hall–Kier alpha value is -1.24. The van der Waals surface area contributed by atoms with E-state index in [-0.39, 0.29) is 11.6 Å². The molecule has 0 saturated heterocycles. The van der Waals surface area contributed by atoms with Gasteiger partial charge in [0.1, 0.15) is 10.7 Å². The first kappa shape index (κ1) is 15.2. The Labute approximate surface area is 123 Å². The van der Waals surface area contributed by atoms with Crippen molar-refractivity contribution >= 4 is 23.4 Å². The molecular formula is C13H10ClF3N2S. The van der Waals surface area contributed by atoms with E-state index in [2.05, 4.69) is 4.98 Å². The summed E-state index contributed by atoms with van der Waals surface area (Å²) >= 11 is 6.89. The zero-order valence-corrected chi connectivity index (χ0v) is 11.7. The molecule has 7 heteroatoms. The zero-order chi connectivity index (χ0) is 14.8. The fourth-order valence-corrected chi connectivity index (χ4v) is 2.53. The molecule has 0 unspecified atom stereocenters. The third-order valence-corrected chi connectivity index (χ3v) is 3.78. The molecule has 0 atom stereocenters. The summed E-state index contributed by atoms with van der Waals surface area (Å²) < 4.78 is 38.0. The Morgan fingerprint density at radius 2 is 1.75 bits per heavy atom. The fourth-order valence-electron chi connectivity index (χ4n) is 1.49. The van der Waals surface area contributed by atoms with Gasteiger partial charge in [-0.3, -0.25) is 0 Å². The van der Waals surface area contributed by atoms with Crippen molar-refractivity contribution in [3.05, 3.63) is 52.7 Å². The van der Waals surface area contributed by atoms with Gasteiger partial charge in [0.2, 0.25) is 0 Å². The zero-order valence-electron chi connectivity index (χ0n) is 10.1. The van der Waals surface area contributed by atoms with E-state index < -0.39 is 11.9 Å². The molecule has 0 bridgehead atoms. The lowest BCUT2D eigenvalue weighted by molar-refractivity contribution is -0.141. The van der Waals surface area contributed by atoms with Gasteiger partial charge in [0.15, 0.2) is 0 Å². The van der Waals surface area contributed by atoms with Crippen LogP contribution in [0.3, 0.4) is 0 Å². The summed E-state index contributed by atoms with van der Waals surface area (Å²) in [5, 5.41) is 0.815. The molecule has 1 aromatic heterocycles. The second-order valence-electron chi connectivity index (χ2n) is 3.92. The Bertz CT molecular complexity index is 600. The van der Waals surface area contributed by atoms with Crippen LogP contribution in [0.5, 0.6) is 0 Å². The molecule has 0 amide bonds. The van der Waals surface area contributed by atoms with E-state index in [1.165, 1.54) is 6.07 Å². The molecule has 2 N–H and O–H groups in total. The normalized spacial score (nSPS) is 11.7. The van der Waals surface area contributed by atoms with Crippen LogP contribution in [-0.2, 0) is 12.7 Å². The van der Waals surface area contributed by atoms with Gasteiger partial charge in [-0.2, -0.15) is 13.2 Å². The van der Waals surface area contributed by atoms with Crippen molar-refractivity contribution in [1.82, 2.24) is 4.98 Å². The third kappa shape index (κ3) is 3.65. The first-order valence-corrected chi connectivity index (χ1v) is 6.80. The largest absolute Gasteiger partial charge is 0.433 e. The molecule has 0 aliphatic carbocycles. The molecule has 20 heavy (non-hydrogen) atoms. The number of hydrogen-bond acceptors (Lipinski definition) is 3. The van der Waals surface area contributed by atoms with Crippen molar-refractivity contribution in [2.45, 2.75) is 22.6 Å². The van der Waals surface area contributed by atoms with Crippen LogP contribution in [0.2, 0.25) is 5.02 Å². The van der Waals surface area contributed by atoms with Gasteiger partial charge in [-0.15, -0.1) is 0 Å². The topological polar surface area (TPSA) is 38.9 Å². The predicted molar refractivity (Wildman–Crippen MR) is 72.7 cm³/mol. The maximum Gasteiger partial charge on any atom is 0.433 e. The summed E-state index contributed by atoms with van der Waals surface area (Å²) in [5.41, 5.74) is 5.17. The summed E-state index contributed by atoms with van der Waals surface area (Å²) in [6.07, 6.45) is -4.47. The molecule has 0 aliphatic rings. The van der Waals surface area contributed by atoms with Gasteiger partial charge < -0.3 is 5.73 Å². The average molecular weight is 319 g/mol. The molecular weight excluding hydrogens is 309 g/mol.